The van der Waals surface area contributed by atoms with E-state index in [4.69, 9.17) is 4.42 Å². The predicted octanol–water partition coefficient (Wildman–Crippen LogP) is 2.14. The number of amides is 1. The van der Waals surface area contributed by atoms with Gasteiger partial charge in [-0.15, -0.1) is 0 Å². The molecule has 7 nitrogen and oxygen atoms in total. The Morgan fingerprint density at radius 2 is 1.69 bits per heavy atom. The van der Waals surface area contributed by atoms with Crippen LogP contribution in [0.25, 0.3) is 0 Å². The molecule has 0 aliphatic carbocycles. The zero-order chi connectivity index (χ0) is 21.2. The molecule has 0 saturated carbocycles. The van der Waals surface area contributed by atoms with Crippen LogP contribution in [-0.4, -0.2) is 56.3 Å². The standard InChI is InChI=1S/C21H29N3O4S/c1-15-12-16(2)18(4)21(17(15)3)29(26,27)24-9-7-23(8-10-24)14-20(25)22-13-19-6-5-11-28-19/h5-6,11-12H,7-10,13-14H2,1-4H3,(H,22,25). The molecule has 29 heavy (non-hydrogen) atoms. The van der Waals surface area contributed by atoms with Gasteiger partial charge in [-0.1, -0.05) is 6.07 Å². The predicted molar refractivity (Wildman–Crippen MR) is 111 cm³/mol. The summed E-state index contributed by atoms with van der Waals surface area (Å²) < 4.78 is 33.4. The second-order valence-electron chi connectivity index (χ2n) is 7.63. The SMILES string of the molecule is Cc1cc(C)c(C)c(S(=O)(=O)N2CCN(CC(=O)NCc3ccco3)CC2)c1C. The minimum absolute atomic E-state index is 0.0984. The van der Waals surface area contributed by atoms with Gasteiger partial charge in [0.05, 0.1) is 24.2 Å². The third-order valence-corrected chi connectivity index (χ3v) is 7.81. The third-order valence-electron chi connectivity index (χ3n) is 5.63. The lowest BCUT2D eigenvalue weighted by molar-refractivity contribution is -0.122. The zero-order valence-corrected chi connectivity index (χ0v) is 18.3. The van der Waals surface area contributed by atoms with Crippen molar-refractivity contribution in [2.45, 2.75) is 39.1 Å². The maximum absolute atomic E-state index is 13.3. The Balaban J connectivity index is 1.61. The number of hydrogen-bond donors (Lipinski definition) is 1. The molecule has 2 aromatic rings. The molecule has 1 N–H and O–H groups in total. The van der Waals surface area contributed by atoms with Crippen LogP contribution in [0.5, 0.6) is 0 Å². The molecule has 1 aromatic carbocycles. The first-order chi connectivity index (χ1) is 13.7. The Labute approximate surface area is 172 Å². The van der Waals surface area contributed by atoms with Crippen molar-refractivity contribution in [3.63, 3.8) is 0 Å². The molecule has 1 fully saturated rings. The Morgan fingerprint density at radius 1 is 1.07 bits per heavy atom. The van der Waals surface area contributed by atoms with E-state index >= 15 is 0 Å². The Kier molecular flexibility index (Phi) is 6.45. The van der Waals surface area contributed by atoms with E-state index in [2.05, 4.69) is 5.32 Å². The van der Waals surface area contributed by atoms with Crippen molar-refractivity contribution >= 4 is 15.9 Å². The van der Waals surface area contributed by atoms with Crippen LogP contribution in [0.3, 0.4) is 0 Å². The van der Waals surface area contributed by atoms with Crippen molar-refractivity contribution < 1.29 is 17.6 Å². The maximum Gasteiger partial charge on any atom is 0.243 e. The van der Waals surface area contributed by atoms with E-state index in [-0.39, 0.29) is 12.5 Å². The fourth-order valence-corrected chi connectivity index (χ4v) is 5.68. The van der Waals surface area contributed by atoms with E-state index in [1.165, 1.54) is 0 Å². The Hall–Kier alpha value is -2.16. The second-order valence-corrected chi connectivity index (χ2v) is 9.50. The number of hydrogen-bond acceptors (Lipinski definition) is 5. The van der Waals surface area contributed by atoms with Crippen molar-refractivity contribution in [1.29, 1.82) is 0 Å². The molecule has 1 amide bonds. The molecule has 3 rings (SSSR count). The van der Waals surface area contributed by atoms with Gasteiger partial charge in [0.15, 0.2) is 0 Å². The summed E-state index contributed by atoms with van der Waals surface area (Å²) in [5.41, 5.74) is 3.60. The molecule has 0 radical (unpaired) electrons. The van der Waals surface area contributed by atoms with Gasteiger partial charge >= 0.3 is 0 Å². The summed E-state index contributed by atoms with van der Waals surface area (Å²) in [4.78, 5) is 14.6. The van der Waals surface area contributed by atoms with Crippen molar-refractivity contribution in [2.75, 3.05) is 32.7 Å². The van der Waals surface area contributed by atoms with E-state index in [0.717, 1.165) is 22.3 Å². The van der Waals surface area contributed by atoms with Crippen LogP contribution < -0.4 is 5.32 Å². The molecular formula is C21H29N3O4S. The van der Waals surface area contributed by atoms with Gasteiger partial charge in [-0.2, -0.15) is 4.31 Å². The van der Waals surface area contributed by atoms with Crippen molar-refractivity contribution in [3.8, 4) is 0 Å². The van der Waals surface area contributed by atoms with Crippen molar-refractivity contribution in [3.05, 3.63) is 52.5 Å². The van der Waals surface area contributed by atoms with Gasteiger partial charge in [-0.3, -0.25) is 9.69 Å². The molecule has 158 valence electrons. The molecule has 1 aliphatic rings. The van der Waals surface area contributed by atoms with Gasteiger partial charge in [-0.25, -0.2) is 8.42 Å². The van der Waals surface area contributed by atoms with E-state index < -0.39 is 10.0 Å². The lowest BCUT2D eigenvalue weighted by atomic mass is 10.0. The number of furan rings is 1. The molecule has 1 saturated heterocycles. The van der Waals surface area contributed by atoms with Gasteiger partial charge in [0, 0.05) is 26.2 Å². The summed E-state index contributed by atoms with van der Waals surface area (Å²) in [5, 5.41) is 2.82. The number of piperazine rings is 1. The summed E-state index contributed by atoms with van der Waals surface area (Å²) in [7, 11) is -3.57. The number of nitrogens with zero attached hydrogens (tertiary/aromatic N) is 2. The molecule has 0 bridgehead atoms. The number of nitrogens with one attached hydrogen (secondary N) is 1. The highest BCUT2D eigenvalue weighted by molar-refractivity contribution is 7.89. The van der Waals surface area contributed by atoms with Crippen LogP contribution in [0.15, 0.2) is 33.8 Å². The Bertz CT molecular complexity index is 950. The first kappa shape index (κ1) is 21.5. The Morgan fingerprint density at radius 3 is 2.24 bits per heavy atom. The van der Waals surface area contributed by atoms with Gasteiger partial charge in [0.25, 0.3) is 0 Å². The summed E-state index contributed by atoms with van der Waals surface area (Å²) in [6.45, 7) is 10.0. The van der Waals surface area contributed by atoms with E-state index in [0.29, 0.717) is 43.4 Å². The van der Waals surface area contributed by atoms with Gasteiger partial charge in [-0.05, 0) is 62.1 Å². The molecule has 1 aliphatic heterocycles. The molecule has 0 spiro atoms. The van der Waals surface area contributed by atoms with Crippen molar-refractivity contribution in [2.24, 2.45) is 0 Å². The second kappa shape index (κ2) is 8.69. The quantitative estimate of drug-likeness (QED) is 0.776. The van der Waals surface area contributed by atoms with Crippen LogP contribution >= 0.6 is 0 Å². The zero-order valence-electron chi connectivity index (χ0n) is 17.5. The van der Waals surface area contributed by atoms with Crippen LogP contribution in [0.2, 0.25) is 0 Å². The fourth-order valence-electron chi connectivity index (χ4n) is 3.68. The van der Waals surface area contributed by atoms with Gasteiger partial charge in [0.2, 0.25) is 15.9 Å². The number of rotatable bonds is 6. The molecular weight excluding hydrogens is 390 g/mol. The lowest BCUT2D eigenvalue weighted by Gasteiger charge is -2.34. The topological polar surface area (TPSA) is 82.9 Å². The number of carbonyl (C=O) groups is 1. The van der Waals surface area contributed by atoms with E-state index in [9.17, 15) is 13.2 Å². The molecule has 0 unspecified atom stereocenters. The smallest absolute Gasteiger partial charge is 0.243 e. The highest BCUT2D eigenvalue weighted by Gasteiger charge is 2.32. The first-order valence-corrected chi connectivity index (χ1v) is 11.2. The monoisotopic (exact) mass is 419 g/mol. The summed E-state index contributed by atoms with van der Waals surface area (Å²) >= 11 is 0. The highest BCUT2D eigenvalue weighted by Crippen LogP contribution is 2.29. The maximum atomic E-state index is 13.3. The third kappa shape index (κ3) is 4.71. The van der Waals surface area contributed by atoms with E-state index in [1.807, 2.05) is 38.7 Å². The average Bonchev–Trinajstić information content (AvgIpc) is 3.19. The van der Waals surface area contributed by atoms with Crippen LogP contribution in [0.1, 0.15) is 28.0 Å². The van der Waals surface area contributed by atoms with Crippen LogP contribution in [0, 0.1) is 27.7 Å². The molecule has 1 aromatic heterocycles. The average molecular weight is 420 g/mol. The van der Waals surface area contributed by atoms with Crippen LogP contribution in [-0.2, 0) is 21.4 Å². The highest BCUT2D eigenvalue weighted by atomic mass is 32.2. The fraction of sp³-hybridized carbons (Fsp3) is 0.476. The molecule has 8 heteroatoms. The summed E-state index contributed by atoms with van der Waals surface area (Å²) in [6, 6.07) is 5.62. The number of carbonyl (C=O) groups excluding carboxylic acids is 1. The van der Waals surface area contributed by atoms with Gasteiger partial charge in [0.1, 0.15) is 5.76 Å². The normalized spacial score (nSPS) is 16.1. The summed E-state index contributed by atoms with van der Waals surface area (Å²) in [5.74, 6) is 0.604. The minimum atomic E-state index is -3.57. The van der Waals surface area contributed by atoms with Crippen molar-refractivity contribution in [1.82, 2.24) is 14.5 Å². The van der Waals surface area contributed by atoms with E-state index in [1.54, 1.807) is 22.7 Å². The number of sulfonamides is 1. The minimum Gasteiger partial charge on any atom is -0.467 e. The van der Waals surface area contributed by atoms with Crippen LogP contribution in [0.4, 0.5) is 0 Å². The van der Waals surface area contributed by atoms with Gasteiger partial charge < -0.3 is 9.73 Å². The summed E-state index contributed by atoms with van der Waals surface area (Å²) in [6.07, 6.45) is 1.57. The number of benzene rings is 1. The lowest BCUT2D eigenvalue weighted by Crippen LogP contribution is -2.51. The largest absolute Gasteiger partial charge is 0.467 e. The first-order valence-electron chi connectivity index (χ1n) is 9.79. The molecule has 2 heterocycles. The molecule has 0 atom stereocenters. The number of aryl methyl sites for hydroxylation is 2.